The number of aliphatic hydroxyl groups is 1. The number of methoxy groups -OCH3 is 1. The third-order valence-corrected chi connectivity index (χ3v) is 5.25. The lowest BCUT2D eigenvalue weighted by Gasteiger charge is -2.22. The molecule has 0 spiro atoms. The van der Waals surface area contributed by atoms with Gasteiger partial charge in [0, 0.05) is 0 Å². The fourth-order valence-corrected chi connectivity index (χ4v) is 3.54. The van der Waals surface area contributed by atoms with E-state index in [2.05, 4.69) is 12.2 Å². The SMILES string of the molecule is C/C=C/c1ccc(OCC(O)CN2C(=O)NC(C)(CCCCCC)C2=O)c(OC)c1. The van der Waals surface area contributed by atoms with Gasteiger partial charge in [0.2, 0.25) is 0 Å². The van der Waals surface area contributed by atoms with E-state index in [9.17, 15) is 14.7 Å². The van der Waals surface area contributed by atoms with Crippen LogP contribution >= 0.6 is 0 Å². The second kappa shape index (κ2) is 11.0. The van der Waals surface area contributed by atoms with Crippen molar-refractivity contribution in [2.24, 2.45) is 0 Å². The Bertz CT molecular complexity index is 764. The number of β-amino-alcohol motifs (C(OH)–C–C–N with tert-alkyl or cyclic N) is 1. The molecule has 1 aliphatic rings. The number of benzene rings is 1. The first-order valence-corrected chi connectivity index (χ1v) is 10.6. The highest BCUT2D eigenvalue weighted by molar-refractivity contribution is 6.06. The lowest BCUT2D eigenvalue weighted by atomic mass is 9.94. The number of amides is 3. The van der Waals surface area contributed by atoms with Crippen molar-refractivity contribution in [3.05, 3.63) is 29.8 Å². The van der Waals surface area contributed by atoms with Crippen LogP contribution in [0.15, 0.2) is 24.3 Å². The summed E-state index contributed by atoms with van der Waals surface area (Å²) >= 11 is 0. The molecular weight excluding hydrogens is 384 g/mol. The minimum atomic E-state index is -1.01. The molecule has 2 N–H and O–H groups in total. The molecule has 3 amide bonds. The summed E-state index contributed by atoms with van der Waals surface area (Å²) in [6, 6.07) is 5.02. The van der Waals surface area contributed by atoms with Gasteiger partial charge in [0.05, 0.1) is 13.7 Å². The standard InChI is InChI=1S/C23H34N2O5/c1-5-7-8-9-13-23(3)21(27)25(22(28)24-23)15-18(26)16-30-19-12-11-17(10-6-2)14-20(19)29-4/h6,10-12,14,18,26H,5,7-9,13,15-16H2,1-4H3,(H,24,28)/b10-6+. The highest BCUT2D eigenvalue weighted by atomic mass is 16.5. The Kier molecular flexibility index (Phi) is 8.72. The minimum absolute atomic E-state index is 0.0659. The number of hydrogen-bond acceptors (Lipinski definition) is 5. The van der Waals surface area contributed by atoms with Crippen molar-refractivity contribution in [3.63, 3.8) is 0 Å². The van der Waals surface area contributed by atoms with Crippen molar-refractivity contribution in [2.45, 2.75) is 64.5 Å². The van der Waals surface area contributed by atoms with Gasteiger partial charge in [-0.05, 0) is 38.0 Å². The summed E-state index contributed by atoms with van der Waals surface area (Å²) in [5, 5.41) is 13.2. The highest BCUT2D eigenvalue weighted by Crippen LogP contribution is 2.29. The molecule has 1 fully saturated rings. The van der Waals surface area contributed by atoms with E-state index < -0.39 is 17.7 Å². The number of urea groups is 1. The molecule has 0 radical (unpaired) electrons. The fraction of sp³-hybridized carbons (Fsp3) is 0.565. The monoisotopic (exact) mass is 418 g/mol. The van der Waals surface area contributed by atoms with E-state index in [4.69, 9.17) is 9.47 Å². The van der Waals surface area contributed by atoms with Crippen LogP contribution in [0.5, 0.6) is 11.5 Å². The van der Waals surface area contributed by atoms with E-state index in [-0.39, 0.29) is 19.1 Å². The van der Waals surface area contributed by atoms with Crippen LogP contribution in [0.25, 0.3) is 6.08 Å². The largest absolute Gasteiger partial charge is 0.493 e. The van der Waals surface area contributed by atoms with Crippen LogP contribution in [0, 0.1) is 0 Å². The van der Waals surface area contributed by atoms with Gasteiger partial charge < -0.3 is 19.9 Å². The molecule has 0 aliphatic carbocycles. The van der Waals surface area contributed by atoms with Gasteiger partial charge in [-0.15, -0.1) is 0 Å². The van der Waals surface area contributed by atoms with Gasteiger partial charge in [0.25, 0.3) is 5.91 Å². The summed E-state index contributed by atoms with van der Waals surface area (Å²) < 4.78 is 11.0. The predicted octanol–water partition coefficient (Wildman–Crippen LogP) is 3.75. The quantitative estimate of drug-likeness (QED) is 0.399. The highest BCUT2D eigenvalue weighted by Gasteiger charge is 2.47. The molecule has 1 heterocycles. The Hall–Kier alpha value is -2.54. The second-order valence-electron chi connectivity index (χ2n) is 7.86. The third kappa shape index (κ3) is 5.98. The van der Waals surface area contributed by atoms with Crippen molar-refractivity contribution < 1.29 is 24.2 Å². The Labute approximate surface area is 179 Å². The first-order valence-electron chi connectivity index (χ1n) is 10.6. The normalized spacial score (nSPS) is 20.0. The van der Waals surface area contributed by atoms with Crippen LogP contribution in [0.4, 0.5) is 4.79 Å². The Morgan fingerprint density at radius 1 is 1.23 bits per heavy atom. The molecule has 1 aromatic rings. The van der Waals surface area contributed by atoms with Crippen molar-refractivity contribution in [1.29, 1.82) is 0 Å². The maximum atomic E-state index is 12.8. The van der Waals surface area contributed by atoms with Crippen LogP contribution in [0.2, 0.25) is 0 Å². The van der Waals surface area contributed by atoms with Crippen molar-refractivity contribution in [2.75, 3.05) is 20.3 Å². The first-order chi connectivity index (χ1) is 14.3. The first kappa shape index (κ1) is 23.7. The zero-order valence-electron chi connectivity index (χ0n) is 18.4. The lowest BCUT2D eigenvalue weighted by molar-refractivity contribution is -0.132. The summed E-state index contributed by atoms with van der Waals surface area (Å²) in [5.74, 6) is 0.742. The zero-order chi connectivity index (χ0) is 22.1. The van der Waals surface area contributed by atoms with Gasteiger partial charge in [-0.25, -0.2) is 4.79 Å². The van der Waals surface area contributed by atoms with E-state index >= 15 is 0 Å². The van der Waals surface area contributed by atoms with E-state index in [1.807, 2.05) is 31.2 Å². The van der Waals surface area contributed by atoms with Crippen LogP contribution in [0.1, 0.15) is 58.4 Å². The fourth-order valence-electron chi connectivity index (χ4n) is 3.54. The maximum absolute atomic E-state index is 12.8. The topological polar surface area (TPSA) is 88.1 Å². The zero-order valence-corrected chi connectivity index (χ0v) is 18.4. The molecule has 7 heteroatoms. The van der Waals surface area contributed by atoms with Crippen molar-refractivity contribution in [3.8, 4) is 11.5 Å². The lowest BCUT2D eigenvalue weighted by Crippen LogP contribution is -2.45. The summed E-state index contributed by atoms with van der Waals surface area (Å²) in [6.45, 7) is 5.62. The predicted molar refractivity (Wildman–Crippen MR) is 117 cm³/mol. The summed E-state index contributed by atoms with van der Waals surface area (Å²) in [6.07, 6.45) is 7.57. The minimum Gasteiger partial charge on any atom is -0.493 e. The number of nitrogens with zero attached hydrogens (tertiary/aromatic N) is 1. The molecule has 166 valence electrons. The molecule has 2 rings (SSSR count). The Balaban J connectivity index is 1.92. The molecular formula is C23H34N2O5. The van der Waals surface area contributed by atoms with E-state index in [0.29, 0.717) is 17.9 Å². The van der Waals surface area contributed by atoms with E-state index in [0.717, 1.165) is 36.1 Å². The number of carbonyl (C=O) groups is 2. The second-order valence-corrected chi connectivity index (χ2v) is 7.86. The molecule has 1 saturated heterocycles. The number of imide groups is 1. The molecule has 0 bridgehead atoms. The van der Waals surface area contributed by atoms with Crippen molar-refractivity contribution >= 4 is 18.0 Å². The molecule has 2 atom stereocenters. The number of unbranched alkanes of at least 4 members (excludes halogenated alkanes) is 3. The third-order valence-electron chi connectivity index (χ3n) is 5.25. The van der Waals surface area contributed by atoms with Crippen LogP contribution in [-0.2, 0) is 4.79 Å². The Morgan fingerprint density at radius 3 is 2.67 bits per heavy atom. The maximum Gasteiger partial charge on any atom is 0.325 e. The molecule has 2 unspecified atom stereocenters. The van der Waals surface area contributed by atoms with E-state index in [1.54, 1.807) is 20.1 Å². The van der Waals surface area contributed by atoms with Gasteiger partial charge in [-0.3, -0.25) is 9.69 Å². The number of allylic oxidation sites excluding steroid dienone is 1. The average Bonchev–Trinajstić information content (AvgIpc) is 2.93. The molecule has 1 aromatic carbocycles. The van der Waals surface area contributed by atoms with Gasteiger partial charge in [-0.1, -0.05) is 50.8 Å². The summed E-state index contributed by atoms with van der Waals surface area (Å²) in [7, 11) is 1.55. The average molecular weight is 419 g/mol. The number of hydrogen-bond donors (Lipinski definition) is 2. The number of aliphatic hydroxyl groups excluding tert-OH is 1. The number of carbonyl (C=O) groups excluding carboxylic acids is 2. The summed E-state index contributed by atoms with van der Waals surface area (Å²) in [5.41, 5.74) is 0.0665. The number of rotatable bonds is 12. The molecule has 0 saturated carbocycles. The summed E-state index contributed by atoms with van der Waals surface area (Å²) in [4.78, 5) is 26.2. The van der Waals surface area contributed by atoms with Crippen LogP contribution in [0.3, 0.4) is 0 Å². The van der Waals surface area contributed by atoms with Gasteiger partial charge >= 0.3 is 6.03 Å². The molecule has 30 heavy (non-hydrogen) atoms. The molecule has 7 nitrogen and oxygen atoms in total. The van der Waals surface area contributed by atoms with Crippen molar-refractivity contribution in [1.82, 2.24) is 10.2 Å². The van der Waals surface area contributed by atoms with Crippen LogP contribution < -0.4 is 14.8 Å². The van der Waals surface area contributed by atoms with Gasteiger partial charge in [-0.2, -0.15) is 0 Å². The van der Waals surface area contributed by atoms with Gasteiger partial charge in [0.15, 0.2) is 11.5 Å². The molecule has 0 aromatic heterocycles. The number of nitrogens with one attached hydrogen (secondary N) is 1. The van der Waals surface area contributed by atoms with E-state index in [1.165, 1.54) is 0 Å². The van der Waals surface area contributed by atoms with Gasteiger partial charge in [0.1, 0.15) is 18.2 Å². The smallest absolute Gasteiger partial charge is 0.325 e. The number of ether oxygens (including phenoxy) is 2. The Morgan fingerprint density at radius 2 is 2.00 bits per heavy atom. The molecule has 1 aliphatic heterocycles. The van der Waals surface area contributed by atoms with Crippen LogP contribution in [-0.4, -0.2) is 53.8 Å².